The summed E-state index contributed by atoms with van der Waals surface area (Å²) in [6.45, 7) is 8.91. The van der Waals surface area contributed by atoms with Crippen molar-refractivity contribution < 1.29 is 9.53 Å². The fourth-order valence-electron chi connectivity index (χ4n) is 5.19. The Morgan fingerprint density at radius 3 is 2.18 bits per heavy atom. The maximum Gasteiger partial charge on any atom is 0.326 e. The molecule has 2 unspecified atom stereocenters. The van der Waals surface area contributed by atoms with Gasteiger partial charge in [0.15, 0.2) is 0 Å². The SMILES string of the molecule is CCc1ccc(C2=NC(c3ccc(Cl)cc3)C(c3ccc(Cl)cc3)N2C(=O)N2CCNCC2)c(OC(C)C)c1. The predicted molar refractivity (Wildman–Crippen MR) is 158 cm³/mol. The van der Waals surface area contributed by atoms with Crippen molar-refractivity contribution >= 4 is 35.1 Å². The summed E-state index contributed by atoms with van der Waals surface area (Å²) in [5.41, 5.74) is 3.90. The molecule has 2 aliphatic rings. The highest BCUT2D eigenvalue weighted by Gasteiger charge is 2.44. The summed E-state index contributed by atoms with van der Waals surface area (Å²) in [6, 6.07) is 20.8. The van der Waals surface area contributed by atoms with Gasteiger partial charge in [-0.3, -0.25) is 9.89 Å². The van der Waals surface area contributed by atoms with Gasteiger partial charge in [0.05, 0.1) is 17.7 Å². The number of aliphatic imine (C=N–C) groups is 1. The Bertz CT molecular complexity index is 1340. The fraction of sp³-hybridized carbons (Fsp3) is 0.355. The first-order valence-corrected chi connectivity index (χ1v) is 14.3. The smallest absolute Gasteiger partial charge is 0.326 e. The molecule has 2 heterocycles. The Balaban J connectivity index is 1.70. The summed E-state index contributed by atoms with van der Waals surface area (Å²) < 4.78 is 6.31. The van der Waals surface area contributed by atoms with Crippen LogP contribution in [0.5, 0.6) is 5.75 Å². The molecule has 2 amide bonds. The minimum absolute atomic E-state index is 0.0331. The van der Waals surface area contributed by atoms with Gasteiger partial charge in [0.1, 0.15) is 17.6 Å². The fourth-order valence-corrected chi connectivity index (χ4v) is 5.44. The number of halogens is 2. The third-order valence-corrected chi connectivity index (χ3v) is 7.65. The van der Waals surface area contributed by atoms with E-state index in [9.17, 15) is 4.79 Å². The first-order valence-electron chi connectivity index (χ1n) is 13.5. The van der Waals surface area contributed by atoms with E-state index in [0.717, 1.165) is 47.5 Å². The van der Waals surface area contributed by atoms with E-state index in [-0.39, 0.29) is 24.2 Å². The lowest BCUT2D eigenvalue weighted by molar-refractivity contribution is 0.157. The van der Waals surface area contributed by atoms with E-state index in [0.29, 0.717) is 29.0 Å². The number of carbonyl (C=O) groups is 1. The third-order valence-electron chi connectivity index (χ3n) is 7.14. The van der Waals surface area contributed by atoms with Crippen LogP contribution in [0.3, 0.4) is 0 Å². The predicted octanol–water partition coefficient (Wildman–Crippen LogP) is 6.91. The summed E-state index contributed by atoms with van der Waals surface area (Å²) in [6.07, 6.45) is 0.847. The van der Waals surface area contributed by atoms with Gasteiger partial charge in [0.2, 0.25) is 0 Å². The topological polar surface area (TPSA) is 57.2 Å². The number of urea groups is 1. The largest absolute Gasteiger partial charge is 0.490 e. The number of hydrogen-bond donors (Lipinski definition) is 1. The van der Waals surface area contributed by atoms with Crippen LogP contribution < -0.4 is 10.1 Å². The molecule has 2 atom stereocenters. The van der Waals surface area contributed by atoms with Gasteiger partial charge in [0, 0.05) is 36.2 Å². The summed E-state index contributed by atoms with van der Waals surface area (Å²) >= 11 is 12.5. The molecule has 0 bridgehead atoms. The van der Waals surface area contributed by atoms with E-state index in [1.807, 2.05) is 78.2 Å². The van der Waals surface area contributed by atoms with E-state index in [2.05, 4.69) is 24.4 Å². The molecule has 8 heteroatoms. The van der Waals surface area contributed by atoms with Gasteiger partial charge in [-0.25, -0.2) is 4.79 Å². The molecular formula is C31H34Cl2N4O2. The molecule has 1 fully saturated rings. The van der Waals surface area contributed by atoms with Gasteiger partial charge < -0.3 is 15.0 Å². The van der Waals surface area contributed by atoms with E-state index >= 15 is 0 Å². The molecule has 1 N–H and O–H groups in total. The van der Waals surface area contributed by atoms with Crippen molar-refractivity contribution in [2.24, 2.45) is 4.99 Å². The molecule has 3 aromatic rings. The van der Waals surface area contributed by atoms with Gasteiger partial charge in [-0.2, -0.15) is 0 Å². The molecular weight excluding hydrogens is 531 g/mol. The van der Waals surface area contributed by atoms with Gasteiger partial charge in [-0.1, -0.05) is 60.5 Å². The number of aryl methyl sites for hydroxylation is 1. The number of amides is 2. The van der Waals surface area contributed by atoms with Gasteiger partial charge >= 0.3 is 6.03 Å². The van der Waals surface area contributed by atoms with Crippen LogP contribution in [0.25, 0.3) is 0 Å². The van der Waals surface area contributed by atoms with Crippen LogP contribution in [0.1, 0.15) is 55.1 Å². The highest BCUT2D eigenvalue weighted by molar-refractivity contribution is 6.30. The van der Waals surface area contributed by atoms with Crippen LogP contribution in [0.4, 0.5) is 4.79 Å². The third kappa shape index (κ3) is 5.93. The first-order chi connectivity index (χ1) is 18.9. The van der Waals surface area contributed by atoms with Crippen LogP contribution >= 0.6 is 23.2 Å². The Morgan fingerprint density at radius 2 is 1.59 bits per heavy atom. The second kappa shape index (κ2) is 12.0. The van der Waals surface area contributed by atoms with E-state index < -0.39 is 0 Å². The standard InChI is InChI=1S/C31H34Cl2N4O2/c1-4-21-5-14-26(27(19-21)39-20(2)3)30-35-28(22-6-10-24(32)11-7-22)29(23-8-12-25(33)13-9-23)37(30)31(38)36-17-15-34-16-18-36/h5-14,19-20,28-29,34H,4,15-18H2,1-3H3. The van der Waals surface area contributed by atoms with Crippen molar-refractivity contribution in [3.05, 3.63) is 99.0 Å². The van der Waals surface area contributed by atoms with Crippen molar-refractivity contribution in [3.63, 3.8) is 0 Å². The van der Waals surface area contributed by atoms with E-state index in [4.69, 9.17) is 32.9 Å². The molecule has 0 radical (unpaired) electrons. The zero-order chi connectivity index (χ0) is 27.5. The van der Waals surface area contributed by atoms with Crippen molar-refractivity contribution in [2.45, 2.75) is 45.4 Å². The number of carbonyl (C=O) groups excluding carboxylic acids is 1. The summed E-state index contributed by atoms with van der Waals surface area (Å²) in [5.74, 6) is 1.34. The molecule has 1 saturated heterocycles. The molecule has 6 nitrogen and oxygen atoms in total. The summed E-state index contributed by atoms with van der Waals surface area (Å²) in [4.78, 5) is 23.4. The molecule has 3 aromatic carbocycles. The molecule has 5 rings (SSSR count). The quantitative estimate of drug-likeness (QED) is 0.353. The molecule has 0 aromatic heterocycles. The monoisotopic (exact) mass is 564 g/mol. The lowest BCUT2D eigenvalue weighted by atomic mass is 9.93. The van der Waals surface area contributed by atoms with Crippen molar-refractivity contribution in [1.82, 2.24) is 15.1 Å². The van der Waals surface area contributed by atoms with Crippen molar-refractivity contribution in [2.75, 3.05) is 26.2 Å². The van der Waals surface area contributed by atoms with Crippen LogP contribution in [-0.2, 0) is 6.42 Å². The average molecular weight is 566 g/mol. The van der Waals surface area contributed by atoms with E-state index in [1.54, 1.807) is 0 Å². The van der Waals surface area contributed by atoms with Gasteiger partial charge in [-0.05, 0) is 73.4 Å². The van der Waals surface area contributed by atoms with Crippen LogP contribution in [-0.4, -0.2) is 53.9 Å². The lowest BCUT2D eigenvalue weighted by Crippen LogP contribution is -2.53. The summed E-state index contributed by atoms with van der Waals surface area (Å²) in [7, 11) is 0. The van der Waals surface area contributed by atoms with Crippen LogP contribution in [0.2, 0.25) is 10.0 Å². The van der Waals surface area contributed by atoms with Crippen molar-refractivity contribution in [1.29, 1.82) is 0 Å². The Morgan fingerprint density at radius 1 is 0.974 bits per heavy atom. The number of nitrogens with one attached hydrogen (secondary N) is 1. The second-order valence-electron chi connectivity index (χ2n) is 10.2. The Labute approximate surface area is 240 Å². The van der Waals surface area contributed by atoms with Gasteiger partial charge in [-0.15, -0.1) is 0 Å². The number of piperazine rings is 1. The lowest BCUT2D eigenvalue weighted by Gasteiger charge is -2.36. The molecule has 204 valence electrons. The zero-order valence-electron chi connectivity index (χ0n) is 22.5. The number of hydrogen-bond acceptors (Lipinski definition) is 4. The number of benzene rings is 3. The minimum Gasteiger partial charge on any atom is -0.490 e. The molecule has 0 spiro atoms. The maximum absolute atomic E-state index is 14.4. The highest BCUT2D eigenvalue weighted by atomic mass is 35.5. The Hall–Kier alpha value is -3.06. The van der Waals surface area contributed by atoms with Crippen LogP contribution in [0, 0.1) is 0 Å². The van der Waals surface area contributed by atoms with E-state index in [1.165, 1.54) is 0 Å². The molecule has 2 aliphatic heterocycles. The number of amidine groups is 1. The highest BCUT2D eigenvalue weighted by Crippen LogP contribution is 2.45. The molecule has 39 heavy (non-hydrogen) atoms. The molecule has 0 saturated carbocycles. The molecule has 0 aliphatic carbocycles. The average Bonchev–Trinajstić information content (AvgIpc) is 3.33. The second-order valence-corrected chi connectivity index (χ2v) is 11.1. The number of rotatable bonds is 6. The normalized spacial score (nSPS) is 19.4. The summed E-state index contributed by atoms with van der Waals surface area (Å²) in [5, 5.41) is 4.64. The van der Waals surface area contributed by atoms with Crippen LogP contribution in [0.15, 0.2) is 71.7 Å². The maximum atomic E-state index is 14.4. The zero-order valence-corrected chi connectivity index (χ0v) is 24.0. The minimum atomic E-state index is -0.376. The number of ether oxygens (including phenoxy) is 1. The van der Waals surface area contributed by atoms with Gasteiger partial charge in [0.25, 0.3) is 0 Å². The Kier molecular flexibility index (Phi) is 8.46. The number of nitrogens with zero attached hydrogens (tertiary/aromatic N) is 3. The van der Waals surface area contributed by atoms with Crippen molar-refractivity contribution in [3.8, 4) is 5.75 Å². The first kappa shape index (κ1) is 27.5.